The van der Waals surface area contributed by atoms with Gasteiger partial charge in [0.15, 0.2) is 0 Å². The molecule has 24 heavy (non-hydrogen) atoms. The fraction of sp³-hybridized carbons (Fsp3) is 0.500. The molecule has 132 valence electrons. The van der Waals surface area contributed by atoms with E-state index in [0.717, 1.165) is 6.07 Å². The van der Waals surface area contributed by atoms with Gasteiger partial charge >= 0.3 is 6.18 Å². The molecule has 1 atom stereocenters. The molecule has 0 radical (unpaired) electrons. The van der Waals surface area contributed by atoms with Crippen LogP contribution < -0.4 is 15.0 Å². The summed E-state index contributed by atoms with van der Waals surface area (Å²) in [6.07, 6.45) is -6.11. The van der Waals surface area contributed by atoms with Gasteiger partial charge in [-0.15, -0.1) is 0 Å². The number of benzene rings is 1. The van der Waals surface area contributed by atoms with Crippen LogP contribution >= 0.6 is 0 Å². The maximum absolute atomic E-state index is 13.5. The molecule has 1 N–H and O–H groups in total. The van der Waals surface area contributed by atoms with Crippen molar-refractivity contribution in [1.82, 2.24) is 5.32 Å². The van der Waals surface area contributed by atoms with E-state index in [1.165, 1.54) is 11.0 Å². The summed E-state index contributed by atoms with van der Waals surface area (Å²) in [5.74, 6) is 0.412. The Hall–Kier alpha value is -1.83. The molecule has 1 aromatic carbocycles. The third-order valence-corrected chi connectivity index (χ3v) is 4.54. The van der Waals surface area contributed by atoms with Crippen molar-refractivity contribution in [2.24, 2.45) is 0 Å². The highest BCUT2D eigenvalue weighted by atomic mass is 19.4. The Morgan fingerprint density at radius 2 is 1.88 bits per heavy atom. The summed E-state index contributed by atoms with van der Waals surface area (Å²) in [4.78, 5) is 1.51. The predicted octanol–water partition coefficient (Wildman–Crippen LogP) is 4.11. The van der Waals surface area contributed by atoms with E-state index in [0.29, 0.717) is 11.3 Å². The Labute approximate surface area is 136 Å². The van der Waals surface area contributed by atoms with Gasteiger partial charge in [0.1, 0.15) is 12.4 Å². The van der Waals surface area contributed by atoms with E-state index < -0.39 is 17.8 Å². The molecule has 0 spiro atoms. The second-order valence-electron chi connectivity index (χ2n) is 5.91. The lowest BCUT2D eigenvalue weighted by Crippen LogP contribution is -2.32. The molecule has 1 unspecified atom stereocenters. The first-order chi connectivity index (χ1) is 11.3. The first-order valence-corrected chi connectivity index (χ1v) is 7.64. The number of halogens is 5. The van der Waals surface area contributed by atoms with E-state index in [2.05, 4.69) is 5.32 Å². The van der Waals surface area contributed by atoms with E-state index in [1.807, 2.05) is 0 Å². The van der Waals surface area contributed by atoms with Crippen LogP contribution in [0.4, 0.5) is 27.6 Å². The van der Waals surface area contributed by atoms with Crippen molar-refractivity contribution < 1.29 is 26.7 Å². The maximum Gasteiger partial charge on any atom is 0.418 e. The molecule has 2 heterocycles. The SMILES string of the molecule is CNC1COc2cc(N3CCC(=C(F)F)CC3)c(C(F)(F)F)cc21. The van der Waals surface area contributed by atoms with Gasteiger partial charge in [-0.1, -0.05) is 0 Å². The highest BCUT2D eigenvalue weighted by molar-refractivity contribution is 5.63. The van der Waals surface area contributed by atoms with Crippen molar-refractivity contribution in [1.29, 1.82) is 0 Å². The van der Waals surface area contributed by atoms with Crippen molar-refractivity contribution in [3.8, 4) is 5.75 Å². The summed E-state index contributed by atoms with van der Waals surface area (Å²) < 4.78 is 71.2. The lowest BCUT2D eigenvalue weighted by Gasteiger charge is -2.32. The Morgan fingerprint density at radius 1 is 1.21 bits per heavy atom. The number of nitrogens with zero attached hydrogens (tertiary/aromatic N) is 1. The van der Waals surface area contributed by atoms with Crippen LogP contribution in [0.15, 0.2) is 23.8 Å². The zero-order chi connectivity index (χ0) is 17.5. The fourth-order valence-corrected chi connectivity index (χ4v) is 3.18. The second-order valence-corrected chi connectivity index (χ2v) is 5.91. The third-order valence-electron chi connectivity index (χ3n) is 4.54. The van der Waals surface area contributed by atoms with Crippen LogP contribution in [0.2, 0.25) is 0 Å². The van der Waals surface area contributed by atoms with Crippen LogP contribution in [-0.2, 0) is 6.18 Å². The number of hydrogen-bond acceptors (Lipinski definition) is 3. The smallest absolute Gasteiger partial charge is 0.418 e. The lowest BCUT2D eigenvalue weighted by molar-refractivity contribution is -0.137. The Kier molecular flexibility index (Phi) is 4.42. The molecule has 3 rings (SSSR count). The normalized spacial score (nSPS) is 20.8. The molecule has 0 aromatic heterocycles. The molecule has 2 aliphatic heterocycles. The molecule has 1 fully saturated rings. The molecule has 1 aromatic rings. The first-order valence-electron chi connectivity index (χ1n) is 7.64. The van der Waals surface area contributed by atoms with Gasteiger partial charge in [-0.2, -0.15) is 22.0 Å². The summed E-state index contributed by atoms with van der Waals surface area (Å²) in [5.41, 5.74) is -0.259. The molecule has 0 saturated carbocycles. The predicted molar refractivity (Wildman–Crippen MR) is 79.4 cm³/mol. The molecule has 8 heteroatoms. The summed E-state index contributed by atoms with van der Waals surface area (Å²) in [7, 11) is 1.66. The molecule has 1 saturated heterocycles. The summed E-state index contributed by atoms with van der Waals surface area (Å²) in [5, 5.41) is 2.92. The number of piperidine rings is 1. The van der Waals surface area contributed by atoms with Gasteiger partial charge < -0.3 is 15.0 Å². The second kappa shape index (κ2) is 6.23. The first kappa shape index (κ1) is 17.0. The Balaban J connectivity index is 1.97. The fourth-order valence-electron chi connectivity index (χ4n) is 3.18. The van der Waals surface area contributed by atoms with E-state index in [-0.39, 0.29) is 49.8 Å². The molecule has 0 aliphatic carbocycles. The van der Waals surface area contributed by atoms with Gasteiger partial charge in [0.2, 0.25) is 0 Å². The van der Waals surface area contributed by atoms with Crippen LogP contribution in [-0.4, -0.2) is 26.7 Å². The number of ether oxygens (including phenoxy) is 1. The highest BCUT2D eigenvalue weighted by Crippen LogP contribution is 2.44. The zero-order valence-corrected chi connectivity index (χ0v) is 13.0. The van der Waals surface area contributed by atoms with Gasteiger partial charge in [0.25, 0.3) is 6.08 Å². The van der Waals surface area contributed by atoms with Crippen molar-refractivity contribution in [2.45, 2.75) is 25.1 Å². The number of alkyl halides is 3. The topological polar surface area (TPSA) is 24.5 Å². The Morgan fingerprint density at radius 3 is 2.42 bits per heavy atom. The molecule has 0 bridgehead atoms. The van der Waals surface area contributed by atoms with Gasteiger partial charge in [0, 0.05) is 24.7 Å². The number of hydrogen-bond donors (Lipinski definition) is 1. The number of anilines is 1. The number of nitrogens with one attached hydrogen (secondary N) is 1. The summed E-state index contributed by atoms with van der Waals surface area (Å²) in [6.45, 7) is 0.528. The largest absolute Gasteiger partial charge is 0.491 e. The van der Waals surface area contributed by atoms with Crippen LogP contribution in [0.3, 0.4) is 0 Å². The maximum atomic E-state index is 13.5. The minimum absolute atomic E-state index is 0.00341. The Bertz CT molecular complexity index is 657. The minimum Gasteiger partial charge on any atom is -0.491 e. The van der Waals surface area contributed by atoms with Crippen molar-refractivity contribution >= 4 is 5.69 Å². The minimum atomic E-state index is -4.52. The monoisotopic (exact) mass is 348 g/mol. The van der Waals surface area contributed by atoms with Gasteiger partial charge in [-0.05, 0) is 31.5 Å². The van der Waals surface area contributed by atoms with E-state index in [1.54, 1.807) is 7.05 Å². The van der Waals surface area contributed by atoms with Gasteiger partial charge in [-0.3, -0.25) is 0 Å². The number of likely N-dealkylation sites (N-methyl/N-ethyl adjacent to an activating group) is 1. The van der Waals surface area contributed by atoms with Gasteiger partial charge in [0.05, 0.1) is 17.3 Å². The van der Waals surface area contributed by atoms with Crippen LogP contribution in [0, 0.1) is 0 Å². The summed E-state index contributed by atoms with van der Waals surface area (Å²) in [6, 6.07) is 2.21. The number of fused-ring (bicyclic) bond motifs is 1. The molecule has 2 aliphatic rings. The van der Waals surface area contributed by atoms with E-state index in [9.17, 15) is 22.0 Å². The van der Waals surface area contributed by atoms with Crippen molar-refractivity contribution in [3.05, 3.63) is 34.9 Å². The molecular formula is C16H17F5N2O. The van der Waals surface area contributed by atoms with Crippen LogP contribution in [0.25, 0.3) is 0 Å². The average molecular weight is 348 g/mol. The molecule has 0 amide bonds. The highest BCUT2D eigenvalue weighted by Gasteiger charge is 2.38. The van der Waals surface area contributed by atoms with Crippen molar-refractivity contribution in [3.63, 3.8) is 0 Å². The van der Waals surface area contributed by atoms with E-state index in [4.69, 9.17) is 4.74 Å². The standard InChI is InChI=1S/C16H17F5N2O/c1-22-12-8-24-14-7-13(11(6-10(12)14)16(19,20)21)23-4-2-9(3-5-23)15(17)18/h6-7,12,22H,2-5,8H2,1H3. The summed E-state index contributed by atoms with van der Waals surface area (Å²) >= 11 is 0. The van der Waals surface area contributed by atoms with Crippen LogP contribution in [0.1, 0.15) is 30.0 Å². The lowest BCUT2D eigenvalue weighted by atomic mass is 9.99. The average Bonchev–Trinajstić information content (AvgIpc) is 2.95. The molecule has 3 nitrogen and oxygen atoms in total. The number of rotatable bonds is 2. The zero-order valence-electron chi connectivity index (χ0n) is 13.0. The third kappa shape index (κ3) is 3.07. The molecular weight excluding hydrogens is 331 g/mol. The quantitative estimate of drug-likeness (QED) is 0.814. The van der Waals surface area contributed by atoms with Gasteiger partial charge in [-0.25, -0.2) is 0 Å². The van der Waals surface area contributed by atoms with E-state index >= 15 is 0 Å². The van der Waals surface area contributed by atoms with Crippen LogP contribution in [0.5, 0.6) is 5.75 Å². The van der Waals surface area contributed by atoms with Crippen molar-refractivity contribution in [2.75, 3.05) is 31.6 Å².